The molecule has 0 spiro atoms. The van der Waals surface area contributed by atoms with Crippen LogP contribution in [0.25, 0.3) is 0 Å². The van der Waals surface area contributed by atoms with Gasteiger partial charge >= 0.3 is 0 Å². The Morgan fingerprint density at radius 2 is 2.35 bits per heavy atom. The van der Waals surface area contributed by atoms with Crippen LogP contribution in [0.4, 0.5) is 5.82 Å². The SMILES string of the molecule is CNc1cncc(C(=O)N(C)CC(C)C#N)n1. The highest BCUT2D eigenvalue weighted by atomic mass is 16.2. The molecule has 0 aliphatic rings. The maximum Gasteiger partial charge on any atom is 0.273 e. The van der Waals surface area contributed by atoms with E-state index in [2.05, 4.69) is 21.4 Å². The maximum absolute atomic E-state index is 12.0. The fraction of sp³-hybridized carbons (Fsp3) is 0.455. The molecule has 0 aliphatic heterocycles. The van der Waals surface area contributed by atoms with Gasteiger partial charge in [-0.1, -0.05) is 0 Å². The van der Waals surface area contributed by atoms with E-state index in [1.54, 1.807) is 21.0 Å². The predicted octanol–water partition coefficient (Wildman–Crippen LogP) is 0.750. The van der Waals surface area contributed by atoms with Crippen molar-refractivity contribution in [2.75, 3.05) is 26.0 Å². The van der Waals surface area contributed by atoms with Gasteiger partial charge in [-0.25, -0.2) is 4.98 Å². The van der Waals surface area contributed by atoms with Crippen LogP contribution < -0.4 is 5.32 Å². The average Bonchev–Trinajstić information content (AvgIpc) is 2.37. The molecule has 1 N–H and O–H groups in total. The molecule has 6 nitrogen and oxygen atoms in total. The monoisotopic (exact) mass is 233 g/mol. The van der Waals surface area contributed by atoms with Gasteiger partial charge in [0.2, 0.25) is 0 Å². The Kier molecular flexibility index (Phi) is 4.40. The quantitative estimate of drug-likeness (QED) is 0.829. The Bertz CT molecular complexity index is 440. The molecule has 17 heavy (non-hydrogen) atoms. The molecule has 0 aliphatic carbocycles. The number of amides is 1. The highest BCUT2D eigenvalue weighted by Crippen LogP contribution is 2.05. The van der Waals surface area contributed by atoms with Crippen molar-refractivity contribution in [2.24, 2.45) is 5.92 Å². The first kappa shape index (κ1) is 12.9. The van der Waals surface area contributed by atoms with E-state index in [4.69, 9.17) is 5.26 Å². The molecule has 0 saturated carbocycles. The average molecular weight is 233 g/mol. The van der Waals surface area contributed by atoms with Crippen molar-refractivity contribution in [3.8, 4) is 6.07 Å². The summed E-state index contributed by atoms with van der Waals surface area (Å²) in [4.78, 5) is 21.4. The summed E-state index contributed by atoms with van der Waals surface area (Å²) in [5.74, 6) is 0.0960. The lowest BCUT2D eigenvalue weighted by molar-refractivity contribution is 0.0779. The number of anilines is 1. The minimum atomic E-state index is -0.239. The molecule has 0 saturated heterocycles. The standard InChI is InChI=1S/C11H15N5O/c1-8(4-12)7-16(3)11(17)9-5-14-6-10(13-2)15-9/h5-6,8H,7H2,1-3H3,(H,13,15). The van der Waals surface area contributed by atoms with Gasteiger partial charge in [0.1, 0.15) is 11.5 Å². The summed E-state index contributed by atoms with van der Waals surface area (Å²) >= 11 is 0. The maximum atomic E-state index is 12.0. The van der Waals surface area contributed by atoms with E-state index in [0.717, 1.165) is 0 Å². The van der Waals surface area contributed by atoms with E-state index < -0.39 is 0 Å². The molecule has 90 valence electrons. The van der Waals surface area contributed by atoms with Crippen LogP contribution in [0.3, 0.4) is 0 Å². The van der Waals surface area contributed by atoms with Crippen LogP contribution in [0.15, 0.2) is 12.4 Å². The number of nitriles is 1. The molecule has 1 rings (SSSR count). The number of rotatable bonds is 4. The summed E-state index contributed by atoms with van der Waals surface area (Å²) in [6.07, 6.45) is 2.95. The van der Waals surface area contributed by atoms with E-state index in [1.807, 2.05) is 0 Å². The van der Waals surface area contributed by atoms with Crippen LogP contribution >= 0.6 is 0 Å². The smallest absolute Gasteiger partial charge is 0.273 e. The Labute approximate surface area is 100 Å². The zero-order valence-electron chi connectivity index (χ0n) is 10.1. The lowest BCUT2D eigenvalue weighted by Gasteiger charge is -2.17. The van der Waals surface area contributed by atoms with Crippen LogP contribution in [0.2, 0.25) is 0 Å². The van der Waals surface area contributed by atoms with Crippen molar-refractivity contribution in [1.29, 1.82) is 5.26 Å². The normalized spacial score (nSPS) is 11.4. The molecule has 1 aromatic rings. The largest absolute Gasteiger partial charge is 0.372 e. The number of aromatic nitrogens is 2. The summed E-state index contributed by atoms with van der Waals surface area (Å²) in [5.41, 5.74) is 0.268. The summed E-state index contributed by atoms with van der Waals surface area (Å²) in [7, 11) is 3.35. The van der Waals surface area contributed by atoms with Gasteiger partial charge in [-0.3, -0.25) is 9.78 Å². The summed E-state index contributed by atoms with van der Waals surface area (Å²) in [6, 6.07) is 2.08. The fourth-order valence-corrected chi connectivity index (χ4v) is 1.32. The van der Waals surface area contributed by atoms with Crippen molar-refractivity contribution in [1.82, 2.24) is 14.9 Å². The molecule has 0 radical (unpaired) electrons. The highest BCUT2D eigenvalue weighted by Gasteiger charge is 2.16. The number of carbonyl (C=O) groups excluding carboxylic acids is 1. The molecule has 1 amide bonds. The van der Waals surface area contributed by atoms with Crippen LogP contribution in [-0.2, 0) is 0 Å². The lowest BCUT2D eigenvalue weighted by Crippen LogP contribution is -2.31. The van der Waals surface area contributed by atoms with Gasteiger partial charge in [0.25, 0.3) is 5.91 Å². The lowest BCUT2D eigenvalue weighted by atomic mass is 10.2. The van der Waals surface area contributed by atoms with Gasteiger partial charge in [-0.05, 0) is 6.92 Å². The summed E-state index contributed by atoms with van der Waals surface area (Å²) in [6.45, 7) is 2.14. The van der Waals surface area contributed by atoms with Gasteiger partial charge in [0.15, 0.2) is 0 Å². The molecule has 1 atom stereocenters. The molecule has 6 heteroatoms. The molecule has 1 heterocycles. The van der Waals surface area contributed by atoms with Crippen molar-refractivity contribution in [3.05, 3.63) is 18.1 Å². The highest BCUT2D eigenvalue weighted by molar-refractivity contribution is 5.92. The van der Waals surface area contributed by atoms with Gasteiger partial charge < -0.3 is 10.2 Å². The molecule has 1 unspecified atom stereocenters. The second-order valence-electron chi connectivity index (χ2n) is 3.76. The molecule has 1 aromatic heterocycles. The molecule has 0 fully saturated rings. The third-order valence-electron chi connectivity index (χ3n) is 2.22. The van der Waals surface area contributed by atoms with E-state index in [-0.39, 0.29) is 17.5 Å². The van der Waals surface area contributed by atoms with Gasteiger partial charge in [-0.2, -0.15) is 5.26 Å². The number of nitrogens with one attached hydrogen (secondary N) is 1. The van der Waals surface area contributed by atoms with Gasteiger partial charge in [-0.15, -0.1) is 0 Å². The molecule has 0 bridgehead atoms. The topological polar surface area (TPSA) is 81.9 Å². The van der Waals surface area contributed by atoms with Crippen LogP contribution in [0, 0.1) is 17.2 Å². The first-order valence-electron chi connectivity index (χ1n) is 5.23. The molecular weight excluding hydrogens is 218 g/mol. The van der Waals surface area contributed by atoms with Crippen LogP contribution in [-0.4, -0.2) is 41.4 Å². The first-order chi connectivity index (χ1) is 8.08. The summed E-state index contributed by atoms with van der Waals surface area (Å²) < 4.78 is 0. The zero-order chi connectivity index (χ0) is 12.8. The zero-order valence-corrected chi connectivity index (χ0v) is 10.1. The number of hydrogen-bond donors (Lipinski definition) is 1. The second kappa shape index (κ2) is 5.80. The fourth-order valence-electron chi connectivity index (χ4n) is 1.32. The predicted molar refractivity (Wildman–Crippen MR) is 63.3 cm³/mol. The third-order valence-corrected chi connectivity index (χ3v) is 2.22. The van der Waals surface area contributed by atoms with Crippen LogP contribution in [0.1, 0.15) is 17.4 Å². The number of carbonyl (C=O) groups is 1. The van der Waals surface area contributed by atoms with Gasteiger partial charge in [0.05, 0.1) is 24.4 Å². The van der Waals surface area contributed by atoms with Gasteiger partial charge in [0, 0.05) is 20.6 Å². The molecular formula is C11H15N5O. The van der Waals surface area contributed by atoms with Crippen molar-refractivity contribution >= 4 is 11.7 Å². The Morgan fingerprint density at radius 3 is 2.94 bits per heavy atom. The van der Waals surface area contributed by atoms with Crippen molar-refractivity contribution in [2.45, 2.75) is 6.92 Å². The third kappa shape index (κ3) is 3.41. The Morgan fingerprint density at radius 1 is 1.65 bits per heavy atom. The first-order valence-corrected chi connectivity index (χ1v) is 5.23. The number of hydrogen-bond acceptors (Lipinski definition) is 5. The minimum Gasteiger partial charge on any atom is -0.372 e. The van der Waals surface area contributed by atoms with Crippen molar-refractivity contribution < 1.29 is 4.79 Å². The Hall–Kier alpha value is -2.16. The van der Waals surface area contributed by atoms with E-state index in [1.165, 1.54) is 17.3 Å². The minimum absolute atomic E-state index is 0.204. The van der Waals surface area contributed by atoms with E-state index in [0.29, 0.717) is 12.4 Å². The van der Waals surface area contributed by atoms with Crippen molar-refractivity contribution in [3.63, 3.8) is 0 Å². The number of nitrogens with zero attached hydrogens (tertiary/aromatic N) is 4. The second-order valence-corrected chi connectivity index (χ2v) is 3.76. The summed E-state index contributed by atoms with van der Waals surface area (Å²) in [5, 5.41) is 11.5. The van der Waals surface area contributed by atoms with Crippen LogP contribution in [0.5, 0.6) is 0 Å². The van der Waals surface area contributed by atoms with E-state index in [9.17, 15) is 4.79 Å². The van der Waals surface area contributed by atoms with E-state index >= 15 is 0 Å². The Balaban J connectivity index is 2.78. The molecule has 0 aromatic carbocycles.